The summed E-state index contributed by atoms with van der Waals surface area (Å²) >= 11 is 0. The fraction of sp³-hybridized carbons (Fsp3) is 0.429. The number of nitrogens with zero attached hydrogens (tertiary/aromatic N) is 2. The standard InChI is InChI=1S/C14H18N2O3/c1-10(17)8-16-9-12(15(2)14(16)18)11-6-4-5-7-13(11)19-3/h4-7,12H,8-9H2,1-3H3. The number of Topliss-reactive ketones (excluding diaryl/α,β-unsaturated/α-hetero) is 1. The van der Waals surface area contributed by atoms with E-state index in [-0.39, 0.29) is 24.4 Å². The second-order valence-corrected chi connectivity index (χ2v) is 4.73. The predicted molar refractivity (Wildman–Crippen MR) is 71.1 cm³/mol. The number of likely N-dealkylation sites (N-methyl/N-ethyl adjacent to an activating group) is 1. The van der Waals surface area contributed by atoms with Gasteiger partial charge in [-0.2, -0.15) is 0 Å². The van der Waals surface area contributed by atoms with Crippen LogP contribution in [0.1, 0.15) is 18.5 Å². The Labute approximate surface area is 112 Å². The Morgan fingerprint density at radius 1 is 1.42 bits per heavy atom. The molecule has 5 heteroatoms. The van der Waals surface area contributed by atoms with Gasteiger partial charge in [0.1, 0.15) is 11.5 Å². The van der Waals surface area contributed by atoms with Crippen molar-refractivity contribution in [2.75, 3.05) is 27.2 Å². The SMILES string of the molecule is COc1ccccc1C1CN(CC(C)=O)C(=O)N1C. The van der Waals surface area contributed by atoms with E-state index in [1.807, 2.05) is 24.3 Å². The van der Waals surface area contributed by atoms with Crippen molar-refractivity contribution in [2.24, 2.45) is 0 Å². The highest BCUT2D eigenvalue weighted by Crippen LogP contribution is 2.33. The molecule has 0 bridgehead atoms. The molecular weight excluding hydrogens is 244 g/mol. The second kappa shape index (κ2) is 5.30. The minimum Gasteiger partial charge on any atom is -0.496 e. The maximum Gasteiger partial charge on any atom is 0.320 e. The molecule has 1 aliphatic heterocycles. The molecule has 0 N–H and O–H groups in total. The Kier molecular flexibility index (Phi) is 3.74. The van der Waals surface area contributed by atoms with Gasteiger partial charge in [-0.15, -0.1) is 0 Å². The monoisotopic (exact) mass is 262 g/mol. The van der Waals surface area contributed by atoms with Crippen LogP contribution in [0.4, 0.5) is 4.79 Å². The number of urea groups is 1. The fourth-order valence-electron chi connectivity index (χ4n) is 2.42. The minimum atomic E-state index is -0.119. The van der Waals surface area contributed by atoms with E-state index in [2.05, 4.69) is 0 Å². The number of para-hydroxylation sites is 1. The van der Waals surface area contributed by atoms with Crippen molar-refractivity contribution in [1.29, 1.82) is 0 Å². The topological polar surface area (TPSA) is 49.9 Å². The maximum atomic E-state index is 12.1. The molecular formula is C14H18N2O3. The summed E-state index contributed by atoms with van der Waals surface area (Å²) in [5.41, 5.74) is 0.965. The molecule has 0 saturated carbocycles. The number of carbonyl (C=O) groups excluding carboxylic acids is 2. The number of amides is 2. The van der Waals surface area contributed by atoms with Crippen LogP contribution in [-0.2, 0) is 4.79 Å². The van der Waals surface area contributed by atoms with Gasteiger partial charge < -0.3 is 14.5 Å². The number of methoxy groups -OCH3 is 1. The van der Waals surface area contributed by atoms with Crippen LogP contribution >= 0.6 is 0 Å². The van der Waals surface area contributed by atoms with Gasteiger partial charge in [-0.3, -0.25) is 4.79 Å². The zero-order chi connectivity index (χ0) is 14.0. The first-order chi connectivity index (χ1) is 9.04. The summed E-state index contributed by atoms with van der Waals surface area (Å²) in [5.74, 6) is 0.749. The molecule has 0 radical (unpaired) electrons. The van der Waals surface area contributed by atoms with E-state index in [4.69, 9.17) is 4.74 Å². The first-order valence-electron chi connectivity index (χ1n) is 6.18. The Balaban J connectivity index is 2.26. The number of hydrogen-bond acceptors (Lipinski definition) is 3. The average molecular weight is 262 g/mol. The Morgan fingerprint density at radius 3 is 2.74 bits per heavy atom. The zero-order valence-corrected chi connectivity index (χ0v) is 11.4. The van der Waals surface area contributed by atoms with Crippen LogP contribution in [0.2, 0.25) is 0 Å². The van der Waals surface area contributed by atoms with Crippen molar-refractivity contribution in [3.05, 3.63) is 29.8 Å². The third-order valence-corrected chi connectivity index (χ3v) is 3.34. The fourth-order valence-corrected chi connectivity index (χ4v) is 2.42. The minimum absolute atomic E-state index is 0.0116. The molecule has 0 aliphatic carbocycles. The normalized spacial score (nSPS) is 18.9. The summed E-state index contributed by atoms with van der Waals surface area (Å²) in [5, 5.41) is 0. The molecule has 0 aromatic heterocycles. The summed E-state index contributed by atoms with van der Waals surface area (Å²) in [4.78, 5) is 26.5. The lowest BCUT2D eigenvalue weighted by molar-refractivity contribution is -0.117. The van der Waals surface area contributed by atoms with Crippen LogP contribution in [-0.4, -0.2) is 48.9 Å². The van der Waals surface area contributed by atoms with Gasteiger partial charge >= 0.3 is 6.03 Å². The van der Waals surface area contributed by atoms with Crippen molar-refractivity contribution in [2.45, 2.75) is 13.0 Å². The van der Waals surface area contributed by atoms with E-state index in [0.29, 0.717) is 6.54 Å². The van der Waals surface area contributed by atoms with E-state index in [1.165, 1.54) is 6.92 Å². The number of carbonyl (C=O) groups is 2. The van der Waals surface area contributed by atoms with Crippen molar-refractivity contribution in [3.63, 3.8) is 0 Å². The molecule has 1 aromatic rings. The van der Waals surface area contributed by atoms with Crippen LogP contribution in [0.15, 0.2) is 24.3 Å². The largest absolute Gasteiger partial charge is 0.496 e. The Hall–Kier alpha value is -2.04. The van der Waals surface area contributed by atoms with Crippen molar-refractivity contribution in [3.8, 4) is 5.75 Å². The summed E-state index contributed by atoms with van der Waals surface area (Å²) in [6.07, 6.45) is 0. The smallest absolute Gasteiger partial charge is 0.320 e. The maximum absolute atomic E-state index is 12.1. The van der Waals surface area contributed by atoms with Gasteiger partial charge in [0.15, 0.2) is 0 Å². The highest BCUT2D eigenvalue weighted by Gasteiger charge is 2.37. The van der Waals surface area contributed by atoms with Gasteiger partial charge in [0.25, 0.3) is 0 Å². The Bertz CT molecular complexity index is 501. The molecule has 1 saturated heterocycles. The van der Waals surface area contributed by atoms with Gasteiger partial charge in [-0.25, -0.2) is 4.79 Å². The predicted octanol–water partition coefficient (Wildman–Crippen LogP) is 1.69. The number of benzene rings is 1. The molecule has 1 aliphatic rings. The van der Waals surface area contributed by atoms with Gasteiger partial charge in [0.05, 0.1) is 19.7 Å². The average Bonchev–Trinajstić information content (AvgIpc) is 2.66. The van der Waals surface area contributed by atoms with Crippen molar-refractivity contribution >= 4 is 11.8 Å². The molecule has 0 spiro atoms. The summed E-state index contributed by atoms with van der Waals surface area (Å²) in [6.45, 7) is 2.16. The van der Waals surface area contributed by atoms with E-state index in [1.54, 1.807) is 24.0 Å². The molecule has 2 amide bonds. The van der Waals surface area contributed by atoms with Crippen LogP contribution in [0.5, 0.6) is 5.75 Å². The molecule has 1 atom stereocenters. The highest BCUT2D eigenvalue weighted by molar-refractivity contribution is 5.85. The van der Waals surface area contributed by atoms with Crippen molar-refractivity contribution < 1.29 is 14.3 Å². The second-order valence-electron chi connectivity index (χ2n) is 4.73. The molecule has 1 fully saturated rings. The summed E-state index contributed by atoms with van der Waals surface area (Å²) in [7, 11) is 3.36. The Morgan fingerprint density at radius 2 is 2.11 bits per heavy atom. The molecule has 1 unspecified atom stereocenters. The first kappa shape index (κ1) is 13.4. The molecule has 19 heavy (non-hydrogen) atoms. The van der Waals surface area contributed by atoms with E-state index in [9.17, 15) is 9.59 Å². The lowest BCUT2D eigenvalue weighted by Gasteiger charge is -2.20. The number of hydrogen-bond donors (Lipinski definition) is 0. The van der Waals surface area contributed by atoms with Gasteiger partial charge in [0, 0.05) is 19.2 Å². The molecule has 1 aromatic carbocycles. The van der Waals surface area contributed by atoms with Crippen LogP contribution < -0.4 is 4.74 Å². The van der Waals surface area contributed by atoms with Crippen LogP contribution in [0.25, 0.3) is 0 Å². The molecule has 5 nitrogen and oxygen atoms in total. The third-order valence-electron chi connectivity index (χ3n) is 3.34. The number of ether oxygens (including phenoxy) is 1. The van der Waals surface area contributed by atoms with Crippen LogP contribution in [0.3, 0.4) is 0 Å². The highest BCUT2D eigenvalue weighted by atomic mass is 16.5. The zero-order valence-electron chi connectivity index (χ0n) is 11.4. The molecule has 2 rings (SSSR count). The first-order valence-corrected chi connectivity index (χ1v) is 6.18. The van der Waals surface area contributed by atoms with Crippen molar-refractivity contribution in [1.82, 2.24) is 9.80 Å². The molecule has 1 heterocycles. The van der Waals surface area contributed by atoms with Gasteiger partial charge in [0.2, 0.25) is 0 Å². The summed E-state index contributed by atoms with van der Waals surface area (Å²) < 4.78 is 5.33. The lowest BCUT2D eigenvalue weighted by atomic mass is 10.1. The summed E-state index contributed by atoms with van der Waals surface area (Å²) in [6, 6.07) is 7.44. The van der Waals surface area contributed by atoms with E-state index < -0.39 is 0 Å². The van der Waals surface area contributed by atoms with Gasteiger partial charge in [-0.1, -0.05) is 18.2 Å². The van der Waals surface area contributed by atoms with E-state index in [0.717, 1.165) is 11.3 Å². The molecule has 102 valence electrons. The quantitative estimate of drug-likeness (QED) is 0.829. The van der Waals surface area contributed by atoms with E-state index >= 15 is 0 Å². The third kappa shape index (κ3) is 2.54. The number of ketones is 1. The van der Waals surface area contributed by atoms with Crippen LogP contribution in [0, 0.1) is 0 Å². The number of rotatable bonds is 4. The lowest BCUT2D eigenvalue weighted by Crippen LogP contribution is -2.33. The van der Waals surface area contributed by atoms with Gasteiger partial charge in [-0.05, 0) is 13.0 Å².